The van der Waals surface area contributed by atoms with Crippen LogP contribution in [0.3, 0.4) is 0 Å². The van der Waals surface area contributed by atoms with Crippen LogP contribution in [0.15, 0.2) is 271 Å². The van der Waals surface area contributed by atoms with Crippen molar-refractivity contribution in [1.29, 1.82) is 0 Å². The molecule has 2 heterocycles. The average molecular weight is 2130 g/mol. The van der Waals surface area contributed by atoms with Crippen LogP contribution < -0.4 is 79.5 Å². The Balaban J connectivity index is 0.000000248. The molecule has 0 radical (unpaired) electrons. The number of unbranched alkanes of at least 4 members (excludes halogenated alkanes) is 6. The average Bonchev–Trinajstić information content (AvgIpc) is 0.738. The molecule has 0 saturated heterocycles. The summed E-state index contributed by atoms with van der Waals surface area (Å²) in [5, 5.41) is 9.90. The molecule has 28 nitrogen and oxygen atoms in total. The maximum absolute atomic E-state index is 14.7. The van der Waals surface area contributed by atoms with E-state index in [9.17, 15) is 61.1 Å². The van der Waals surface area contributed by atoms with Crippen LogP contribution in [0.1, 0.15) is 139 Å². The van der Waals surface area contributed by atoms with Crippen molar-refractivity contribution in [2.45, 2.75) is 161 Å². The number of amides is 2. The zero-order valence-corrected chi connectivity index (χ0v) is 88.6. The predicted molar refractivity (Wildman–Crippen MR) is 576 cm³/mol. The standard InChI is InChI=1S/C55H62FN5O9S2.C28H34FN3O3.C27H29ClN2O6S2.CH4.Ar/c1-7-59(8-2)41-21-25-46-52(34-41)70-53-35-42(60(9-3)10-4)22-26-47(53)55(46)48-27-24-45(36-54(48)72(65,66)67)71(63,64)58-31-17-12-11-16-30-57-49-28-23-44(68-6)32-39(49)37-61(38(5)62)50-33-40(56)20-29-51(50)69-43-18-14-13-15-19-43;1-21(33)32(27-19-23(29)12-15-28(27)35-24-10-6-5-7-11-24)20-22-18-25(34-2)13-14-26(22)31-17-9-4-3-8-16-30;1-5-29(6-2)18-9-12-21-24(15-18)36-25-16-19(30(7-3)8-4)10-13-22(25)27(21)23-14-11-20(37(28,31)32)17-26(23)38(33,34)35;;/h13-15,18-29,32-36,57-58H,7-12,16-17,30-31,37H2,1-6H3;5-7,10-15,18-19,31H,3-4,8-9,16-17,20,30H2,1-2H3;9-17H,5-8H2,1-4H3;1H4;. The number of carbonyl (C=O) groups is 2. The monoisotopic (exact) mass is 2130 g/mol. The Morgan fingerprint density at radius 1 is 0.429 bits per heavy atom. The molecule has 2 aliphatic heterocycles. The Bertz CT molecular complexity index is 7480. The van der Waals surface area contributed by atoms with Crippen molar-refractivity contribution >= 4 is 118 Å². The smallest absolute Gasteiger partial charge is 0.261 e. The summed E-state index contributed by atoms with van der Waals surface area (Å²) in [6.07, 6.45) is 6.88. The maximum Gasteiger partial charge on any atom is 0.261 e. The summed E-state index contributed by atoms with van der Waals surface area (Å²) in [6.45, 7) is 27.8. The number of halogens is 3. The molecule has 2 aliphatic carbocycles. The van der Waals surface area contributed by atoms with Gasteiger partial charge in [-0.05, 0) is 244 Å². The molecule has 147 heavy (non-hydrogen) atoms. The largest absolute Gasteiger partial charge is 0.744 e. The van der Waals surface area contributed by atoms with Crippen molar-refractivity contribution in [3.05, 3.63) is 276 Å². The number of ether oxygens (including phenoxy) is 4. The van der Waals surface area contributed by atoms with Crippen LogP contribution >= 0.6 is 10.7 Å². The van der Waals surface area contributed by atoms with Gasteiger partial charge in [0.1, 0.15) is 104 Å². The number of nitrogens with zero attached hydrogens (tertiary/aromatic N) is 6. The number of methoxy groups -OCH3 is 2. The molecular weight excluding hydrogens is 2000 g/mol. The number of hydrogen-bond donors (Lipinski definition) is 4. The molecular formula is C111H129ArClF2N10O18S4. The van der Waals surface area contributed by atoms with Crippen LogP contribution in [-0.2, 0) is 62.0 Å². The van der Waals surface area contributed by atoms with Gasteiger partial charge in [0.2, 0.25) is 32.6 Å². The Hall–Kier alpha value is -12.0. The first-order valence-electron chi connectivity index (χ1n) is 48.5. The molecule has 10 aromatic rings. The Kier molecular flexibility index (Phi) is 43.1. The van der Waals surface area contributed by atoms with E-state index in [1.165, 1.54) is 78.2 Å². The molecule has 0 spiro atoms. The molecule has 0 bridgehead atoms. The molecule has 36 heteroatoms. The van der Waals surface area contributed by atoms with Gasteiger partial charge in [-0.1, -0.05) is 81.6 Å². The molecule has 0 saturated carbocycles. The summed E-state index contributed by atoms with van der Waals surface area (Å²) in [6, 6.07) is 67.2. The molecule has 0 fully saturated rings. The quantitative estimate of drug-likeness (QED) is 0.00906. The molecule has 14 rings (SSSR count). The van der Waals surface area contributed by atoms with Crippen molar-refractivity contribution in [3.63, 3.8) is 0 Å². The summed E-state index contributed by atoms with van der Waals surface area (Å²) in [4.78, 5) is 31.1. The fraction of sp³-hybridized carbons (Fsp3) is 0.315. The van der Waals surface area contributed by atoms with Crippen molar-refractivity contribution < 1.29 is 127 Å². The molecule has 0 aromatic heterocycles. The number of nitrogens with two attached hydrogens (primary N) is 1. The van der Waals surface area contributed by atoms with Crippen molar-refractivity contribution in [1.82, 2.24) is 13.9 Å². The summed E-state index contributed by atoms with van der Waals surface area (Å²) >= 11 is 0. The van der Waals surface area contributed by atoms with Crippen LogP contribution in [0.5, 0.6) is 34.5 Å². The van der Waals surface area contributed by atoms with Gasteiger partial charge in [-0.3, -0.25) is 9.59 Å². The van der Waals surface area contributed by atoms with Crippen LogP contribution in [-0.4, -0.2) is 147 Å². The van der Waals surface area contributed by atoms with Crippen LogP contribution in [0.4, 0.5) is 42.9 Å². The van der Waals surface area contributed by atoms with Gasteiger partial charge in [0, 0.05) is 211 Å². The van der Waals surface area contributed by atoms with Crippen LogP contribution in [0.2, 0.25) is 0 Å². The Labute approximate surface area is 895 Å². The van der Waals surface area contributed by atoms with E-state index in [2.05, 4.69) is 62.0 Å². The third-order valence-electron chi connectivity index (χ3n) is 25.0. The second kappa shape index (κ2) is 54.2. The van der Waals surface area contributed by atoms with E-state index < -0.39 is 65.6 Å². The topological polar surface area (TPSA) is 361 Å². The predicted octanol–water partition coefficient (Wildman–Crippen LogP) is 21.7. The molecule has 5 N–H and O–H groups in total. The third-order valence-corrected chi connectivity index (χ3v) is 29.6. The summed E-state index contributed by atoms with van der Waals surface area (Å²) in [5.74, 6) is 2.54. The van der Waals surface area contributed by atoms with Gasteiger partial charge in [-0.2, -0.15) is 0 Å². The van der Waals surface area contributed by atoms with Gasteiger partial charge in [0.05, 0.1) is 70.4 Å². The van der Waals surface area contributed by atoms with E-state index in [0.717, 1.165) is 154 Å². The second-order valence-electron chi connectivity index (χ2n) is 34.2. The molecule has 0 atom stereocenters. The van der Waals surface area contributed by atoms with E-state index >= 15 is 0 Å². The summed E-state index contributed by atoms with van der Waals surface area (Å²) in [7, 11) is -10.2. The minimum Gasteiger partial charge on any atom is -0.744 e. The van der Waals surface area contributed by atoms with Crippen LogP contribution in [0.25, 0.3) is 66.8 Å². The fourth-order valence-corrected chi connectivity index (χ4v) is 20.9. The number of anilines is 6. The SMILES string of the molecule is C.CCN(CC)c1ccc2c(-c3ccc(S(=O)(=O)Cl)cc3S(=O)(=O)[O-])c3ccc(=[N+](CC)CC)cc-3oc2c1.CCN(CC)c1ccc2c(-c3ccc(S(=O)(=O)NCCCCCCNc4ccc(OC)cc4CN(C(C)=O)c4cc(F)ccc4Oc4ccccc4)cc3S(=O)(=O)[O-])c3ccc(=[N+](CC)CC)cc-3oc2c1.COc1ccc(NCCCCCCN)c(CN(C(C)=O)c2cc(F)ccc2Oc2ccccc2)c1.[Ar]. The number of rotatable bonds is 44. The Morgan fingerprint density at radius 2 is 0.810 bits per heavy atom. The number of hydrogen-bond acceptors (Lipinski definition) is 23. The molecule has 0 unspecified atom stereocenters. The van der Waals surface area contributed by atoms with Gasteiger partial charge >= 0.3 is 0 Å². The fourth-order valence-electron chi connectivity index (χ4n) is 17.5. The summed E-state index contributed by atoms with van der Waals surface area (Å²) in [5.41, 5.74) is 14.4. The minimum absolute atomic E-state index is 0. The Morgan fingerprint density at radius 3 is 1.18 bits per heavy atom. The number of fused-ring (bicyclic) bond motifs is 4. The molecule has 10 aromatic carbocycles. The first-order valence-corrected chi connectivity index (χ1v) is 55.1. The summed E-state index contributed by atoms with van der Waals surface area (Å²) < 4.78 is 200. The van der Waals surface area contributed by atoms with Gasteiger partial charge in [-0.25, -0.2) is 56.3 Å². The van der Waals surface area contributed by atoms with E-state index in [1.54, 1.807) is 38.5 Å². The van der Waals surface area contributed by atoms with E-state index in [1.807, 2.05) is 179 Å². The first-order chi connectivity index (χ1) is 69.5. The normalized spacial score (nSPS) is 11.4. The maximum atomic E-state index is 14.7. The first kappa shape index (κ1) is 117. The number of nitrogens with one attached hydrogen (secondary N) is 3. The second-order valence-corrected chi connectivity index (χ2v) is 41.2. The zero-order chi connectivity index (χ0) is 104. The van der Waals surface area contributed by atoms with Gasteiger partial charge in [0.15, 0.2) is 11.5 Å². The van der Waals surface area contributed by atoms with E-state index in [0.29, 0.717) is 122 Å². The van der Waals surface area contributed by atoms with Crippen molar-refractivity contribution in [3.8, 4) is 79.4 Å². The number of sulfonamides is 1. The van der Waals surface area contributed by atoms with Crippen molar-refractivity contribution in [2.75, 3.05) is 123 Å². The minimum atomic E-state index is -5.20. The van der Waals surface area contributed by atoms with Gasteiger partial charge in [0.25, 0.3) is 9.05 Å². The van der Waals surface area contributed by atoms with Crippen molar-refractivity contribution in [2.24, 2.45) is 5.73 Å². The molecule has 4 aliphatic rings. The van der Waals surface area contributed by atoms with E-state index in [-0.39, 0.29) is 98.3 Å². The molecule has 784 valence electrons. The van der Waals surface area contributed by atoms with Gasteiger partial charge < -0.3 is 72.9 Å². The number of carbonyl (C=O) groups excluding carboxylic acids is 2. The van der Waals surface area contributed by atoms with Gasteiger partial charge in [-0.15, -0.1) is 0 Å². The number of benzene rings is 12. The third kappa shape index (κ3) is 30.2. The van der Waals surface area contributed by atoms with Crippen LogP contribution in [0, 0.1) is 49.4 Å². The van der Waals surface area contributed by atoms with E-state index in [4.69, 9.17) is 44.2 Å². The molecule has 2 amide bonds. The number of para-hydroxylation sites is 2. The zero-order valence-electron chi connectivity index (χ0n) is 83.9.